The second-order valence-electron chi connectivity index (χ2n) is 4.90. The number of non-ortho nitro benzene ring substituents is 1. The first-order valence-electron chi connectivity index (χ1n) is 6.61. The van der Waals surface area contributed by atoms with Crippen molar-refractivity contribution in [3.8, 4) is 11.1 Å². The molecule has 1 unspecified atom stereocenters. The number of nitro benzene ring substituents is 1. The summed E-state index contributed by atoms with van der Waals surface area (Å²) in [6.45, 7) is 2.13. The van der Waals surface area contributed by atoms with Crippen molar-refractivity contribution in [1.82, 2.24) is 5.32 Å². The van der Waals surface area contributed by atoms with Crippen LogP contribution in [0.1, 0.15) is 12.5 Å². The van der Waals surface area contributed by atoms with Crippen molar-refractivity contribution in [3.05, 3.63) is 64.2 Å². The van der Waals surface area contributed by atoms with Crippen LogP contribution in [0.5, 0.6) is 0 Å². The predicted molar refractivity (Wildman–Crippen MR) is 80.8 cm³/mol. The molecule has 4 nitrogen and oxygen atoms in total. The second-order valence-corrected chi connectivity index (χ2v) is 4.90. The zero-order valence-electron chi connectivity index (χ0n) is 11.7. The summed E-state index contributed by atoms with van der Waals surface area (Å²) in [5, 5.41) is 14.0. The summed E-state index contributed by atoms with van der Waals surface area (Å²) in [6, 6.07) is 15.3. The molecule has 0 fully saturated rings. The first-order valence-corrected chi connectivity index (χ1v) is 6.61. The van der Waals surface area contributed by atoms with Crippen LogP contribution in [0.25, 0.3) is 11.1 Å². The van der Waals surface area contributed by atoms with Gasteiger partial charge in [-0.05, 0) is 37.1 Å². The van der Waals surface area contributed by atoms with Crippen molar-refractivity contribution < 1.29 is 4.92 Å². The molecule has 20 heavy (non-hydrogen) atoms. The predicted octanol–water partition coefficient (Wildman–Crippen LogP) is 3.41. The van der Waals surface area contributed by atoms with Gasteiger partial charge in [-0.15, -0.1) is 0 Å². The van der Waals surface area contributed by atoms with Gasteiger partial charge in [-0.2, -0.15) is 0 Å². The van der Waals surface area contributed by atoms with Crippen LogP contribution in [0.3, 0.4) is 0 Å². The molecule has 0 saturated carbocycles. The van der Waals surface area contributed by atoms with Gasteiger partial charge in [-0.3, -0.25) is 10.1 Å². The number of nitro groups is 1. The number of nitrogens with one attached hydrogen (secondary N) is 1. The van der Waals surface area contributed by atoms with Gasteiger partial charge < -0.3 is 5.32 Å². The van der Waals surface area contributed by atoms with Crippen LogP contribution < -0.4 is 5.32 Å². The highest BCUT2D eigenvalue weighted by Crippen LogP contribution is 2.24. The van der Waals surface area contributed by atoms with Gasteiger partial charge in [0, 0.05) is 18.2 Å². The Kier molecular flexibility index (Phi) is 4.48. The summed E-state index contributed by atoms with van der Waals surface area (Å²) in [6.07, 6.45) is 0.964. The third-order valence-electron chi connectivity index (χ3n) is 3.38. The maximum Gasteiger partial charge on any atom is 0.270 e. The van der Waals surface area contributed by atoms with E-state index in [1.165, 1.54) is 11.6 Å². The summed E-state index contributed by atoms with van der Waals surface area (Å²) in [7, 11) is 1.95. The largest absolute Gasteiger partial charge is 0.317 e. The highest BCUT2D eigenvalue weighted by atomic mass is 16.6. The molecule has 0 aliphatic rings. The number of benzene rings is 2. The van der Waals surface area contributed by atoms with Crippen LogP contribution in [0.4, 0.5) is 5.69 Å². The Bertz CT molecular complexity index is 594. The maximum absolute atomic E-state index is 10.8. The van der Waals surface area contributed by atoms with E-state index < -0.39 is 0 Å². The highest BCUT2D eigenvalue weighted by Gasteiger charge is 2.07. The standard InChI is InChI=1S/C16H18N2O2/c1-12(17-2)10-13-6-8-14(9-7-13)15-4-3-5-16(11-15)18(19)20/h3-9,11-12,17H,10H2,1-2H3. The molecule has 0 spiro atoms. The quantitative estimate of drug-likeness (QED) is 0.669. The van der Waals surface area contributed by atoms with E-state index in [1.54, 1.807) is 12.1 Å². The van der Waals surface area contributed by atoms with Crippen molar-refractivity contribution in [3.63, 3.8) is 0 Å². The van der Waals surface area contributed by atoms with E-state index in [-0.39, 0.29) is 10.6 Å². The highest BCUT2D eigenvalue weighted by molar-refractivity contribution is 5.66. The Morgan fingerprint density at radius 2 is 1.85 bits per heavy atom. The first kappa shape index (κ1) is 14.2. The summed E-state index contributed by atoms with van der Waals surface area (Å²) in [5.41, 5.74) is 3.23. The van der Waals surface area contributed by atoms with E-state index >= 15 is 0 Å². The average Bonchev–Trinajstić information content (AvgIpc) is 2.48. The van der Waals surface area contributed by atoms with E-state index in [0.717, 1.165) is 17.5 Å². The molecular weight excluding hydrogens is 252 g/mol. The summed E-state index contributed by atoms with van der Waals surface area (Å²) in [5.74, 6) is 0. The van der Waals surface area contributed by atoms with Crippen LogP contribution in [0, 0.1) is 10.1 Å². The molecule has 2 rings (SSSR count). The lowest BCUT2D eigenvalue weighted by Crippen LogP contribution is -2.23. The second kappa shape index (κ2) is 6.30. The molecule has 0 aliphatic carbocycles. The lowest BCUT2D eigenvalue weighted by atomic mass is 10.0. The number of hydrogen-bond acceptors (Lipinski definition) is 3. The third-order valence-corrected chi connectivity index (χ3v) is 3.38. The molecule has 104 valence electrons. The van der Waals surface area contributed by atoms with Crippen molar-refractivity contribution in [2.45, 2.75) is 19.4 Å². The van der Waals surface area contributed by atoms with Gasteiger partial charge in [0.1, 0.15) is 0 Å². The minimum absolute atomic E-state index is 0.121. The Morgan fingerprint density at radius 3 is 2.45 bits per heavy atom. The number of nitrogens with zero attached hydrogens (tertiary/aromatic N) is 1. The Balaban J connectivity index is 2.21. The van der Waals surface area contributed by atoms with Crippen LogP contribution in [-0.2, 0) is 6.42 Å². The summed E-state index contributed by atoms with van der Waals surface area (Å²) >= 11 is 0. The van der Waals surface area contributed by atoms with E-state index in [2.05, 4.69) is 24.4 Å². The molecule has 0 radical (unpaired) electrons. The molecular formula is C16H18N2O2. The lowest BCUT2D eigenvalue weighted by Gasteiger charge is -2.10. The minimum Gasteiger partial charge on any atom is -0.317 e. The van der Waals surface area contributed by atoms with Crippen LogP contribution in [0.15, 0.2) is 48.5 Å². The van der Waals surface area contributed by atoms with Gasteiger partial charge in [0.15, 0.2) is 0 Å². The Hall–Kier alpha value is -2.20. The molecule has 0 heterocycles. The van der Waals surface area contributed by atoms with Gasteiger partial charge in [-0.1, -0.05) is 36.4 Å². The molecule has 2 aromatic rings. The SMILES string of the molecule is CNC(C)Cc1ccc(-c2cccc([N+](=O)[O-])c2)cc1. The Morgan fingerprint density at radius 1 is 1.15 bits per heavy atom. The average molecular weight is 270 g/mol. The van der Waals surface area contributed by atoms with Crippen LogP contribution >= 0.6 is 0 Å². The van der Waals surface area contributed by atoms with E-state index in [1.807, 2.05) is 25.2 Å². The smallest absolute Gasteiger partial charge is 0.270 e. The van der Waals surface area contributed by atoms with Crippen molar-refractivity contribution in [2.75, 3.05) is 7.05 Å². The minimum atomic E-state index is -0.369. The lowest BCUT2D eigenvalue weighted by molar-refractivity contribution is -0.384. The molecule has 0 aromatic heterocycles. The third kappa shape index (κ3) is 3.42. The number of likely N-dealkylation sites (N-methyl/N-ethyl adjacent to an activating group) is 1. The fourth-order valence-corrected chi connectivity index (χ4v) is 2.09. The van der Waals surface area contributed by atoms with Gasteiger partial charge in [0.2, 0.25) is 0 Å². The van der Waals surface area contributed by atoms with E-state index in [9.17, 15) is 10.1 Å². The maximum atomic E-state index is 10.8. The summed E-state index contributed by atoms with van der Waals surface area (Å²) in [4.78, 5) is 10.4. The topological polar surface area (TPSA) is 55.2 Å². The van der Waals surface area contributed by atoms with Gasteiger partial charge in [0.25, 0.3) is 5.69 Å². The molecule has 0 saturated heterocycles. The molecule has 4 heteroatoms. The number of rotatable bonds is 5. The van der Waals surface area contributed by atoms with E-state index in [0.29, 0.717) is 6.04 Å². The van der Waals surface area contributed by atoms with Gasteiger partial charge in [0.05, 0.1) is 4.92 Å². The molecule has 0 bridgehead atoms. The van der Waals surface area contributed by atoms with Gasteiger partial charge >= 0.3 is 0 Å². The number of hydrogen-bond donors (Lipinski definition) is 1. The molecule has 0 amide bonds. The van der Waals surface area contributed by atoms with Gasteiger partial charge in [-0.25, -0.2) is 0 Å². The van der Waals surface area contributed by atoms with Crippen LogP contribution in [0.2, 0.25) is 0 Å². The molecule has 1 N–H and O–H groups in total. The zero-order chi connectivity index (χ0) is 14.5. The first-order chi connectivity index (χ1) is 9.60. The monoisotopic (exact) mass is 270 g/mol. The van der Waals surface area contributed by atoms with Crippen molar-refractivity contribution >= 4 is 5.69 Å². The van der Waals surface area contributed by atoms with Crippen LogP contribution in [-0.4, -0.2) is 18.0 Å². The molecule has 2 aromatic carbocycles. The zero-order valence-corrected chi connectivity index (χ0v) is 11.7. The van der Waals surface area contributed by atoms with E-state index in [4.69, 9.17) is 0 Å². The molecule has 0 aliphatic heterocycles. The van der Waals surface area contributed by atoms with Crippen molar-refractivity contribution in [2.24, 2.45) is 0 Å². The Labute approximate surface area is 118 Å². The van der Waals surface area contributed by atoms with Crippen molar-refractivity contribution in [1.29, 1.82) is 0 Å². The summed E-state index contributed by atoms with van der Waals surface area (Å²) < 4.78 is 0. The molecule has 1 atom stereocenters. The fourth-order valence-electron chi connectivity index (χ4n) is 2.09. The fraction of sp³-hybridized carbons (Fsp3) is 0.250. The normalized spacial score (nSPS) is 12.1.